The molecule has 1 aliphatic heterocycles. The second kappa shape index (κ2) is 12.6. The first-order chi connectivity index (χ1) is 18.1. The standard InChI is InChI=1S/C22H22N4O9S3/c1-5-35-19(30)15(17-18(29)26(8-14(27)28)22(36)38-17)11-9-37-21(24-11)25-20(31)23-10-6-12(32-2)16(34-4)13(7-10)33-3/h6-7,9H,5,8H2,1-4H3,(H,27,28)(H2,23,24,25,31). The Morgan fingerprint density at radius 2 is 1.76 bits per heavy atom. The van der Waals surface area contributed by atoms with Crippen LogP contribution in [0, 0.1) is 0 Å². The molecule has 1 saturated heterocycles. The Bertz CT molecular complexity index is 1300. The minimum absolute atomic E-state index is 0.0180. The Kier molecular flexibility index (Phi) is 9.49. The number of ether oxygens (including phenoxy) is 4. The highest BCUT2D eigenvalue weighted by molar-refractivity contribution is 8.26. The number of thiocarbonyl (C=S) groups is 1. The number of rotatable bonds is 10. The van der Waals surface area contributed by atoms with Gasteiger partial charge in [-0.3, -0.25) is 19.8 Å². The van der Waals surface area contributed by atoms with Crippen LogP contribution in [0.2, 0.25) is 0 Å². The highest BCUT2D eigenvalue weighted by Gasteiger charge is 2.38. The molecule has 2 heterocycles. The van der Waals surface area contributed by atoms with Gasteiger partial charge in [-0.05, 0) is 6.92 Å². The molecule has 1 aliphatic rings. The molecule has 3 rings (SSSR count). The number of hydrogen-bond acceptors (Lipinski definition) is 12. The molecule has 13 nitrogen and oxygen atoms in total. The van der Waals surface area contributed by atoms with Gasteiger partial charge >= 0.3 is 18.0 Å². The molecule has 1 aromatic heterocycles. The average Bonchev–Trinajstić information content (AvgIpc) is 3.43. The highest BCUT2D eigenvalue weighted by Crippen LogP contribution is 2.40. The number of thiazole rings is 1. The number of thioether (sulfide) groups is 1. The van der Waals surface area contributed by atoms with Gasteiger partial charge in [0.1, 0.15) is 16.4 Å². The van der Waals surface area contributed by atoms with E-state index in [-0.39, 0.29) is 32.2 Å². The summed E-state index contributed by atoms with van der Waals surface area (Å²) >= 11 is 6.88. The highest BCUT2D eigenvalue weighted by atomic mass is 32.2. The number of urea groups is 1. The fourth-order valence-electron chi connectivity index (χ4n) is 3.20. The van der Waals surface area contributed by atoms with Crippen LogP contribution < -0.4 is 24.8 Å². The topological polar surface area (TPSA) is 166 Å². The zero-order chi connectivity index (χ0) is 28.0. The molecular weight excluding hydrogens is 560 g/mol. The summed E-state index contributed by atoms with van der Waals surface area (Å²) in [5.41, 5.74) is 0.196. The van der Waals surface area contributed by atoms with Crippen LogP contribution in [0.1, 0.15) is 12.6 Å². The first-order valence-electron chi connectivity index (χ1n) is 10.6. The number of benzene rings is 1. The van der Waals surface area contributed by atoms with Crippen molar-refractivity contribution < 1.29 is 43.2 Å². The summed E-state index contributed by atoms with van der Waals surface area (Å²) in [7, 11) is 4.33. The molecule has 0 radical (unpaired) electrons. The summed E-state index contributed by atoms with van der Waals surface area (Å²) in [5.74, 6) is -1.85. The van der Waals surface area contributed by atoms with Gasteiger partial charge in [0.25, 0.3) is 5.91 Å². The minimum atomic E-state index is -1.27. The molecule has 3 N–H and O–H groups in total. The second-order valence-corrected chi connectivity index (χ2v) is 9.61. The van der Waals surface area contributed by atoms with Crippen LogP contribution >= 0.6 is 35.3 Å². The van der Waals surface area contributed by atoms with E-state index in [1.165, 1.54) is 38.8 Å². The molecule has 3 amide bonds. The Morgan fingerprint density at radius 3 is 2.32 bits per heavy atom. The molecule has 1 aromatic carbocycles. The third-order valence-electron chi connectivity index (χ3n) is 4.75. The van der Waals surface area contributed by atoms with Crippen LogP contribution in [-0.4, -0.2) is 77.7 Å². The number of anilines is 2. The molecule has 0 spiro atoms. The molecule has 0 unspecified atom stereocenters. The van der Waals surface area contributed by atoms with Crippen LogP contribution in [0.25, 0.3) is 5.57 Å². The number of amides is 3. The van der Waals surface area contributed by atoms with Crippen molar-refractivity contribution in [1.82, 2.24) is 9.88 Å². The molecule has 0 atom stereocenters. The number of nitrogens with one attached hydrogen (secondary N) is 2. The van der Waals surface area contributed by atoms with Crippen LogP contribution in [0.3, 0.4) is 0 Å². The molecular formula is C22H22N4O9S3. The number of carboxylic acids is 1. The number of carbonyl (C=O) groups excluding carboxylic acids is 3. The summed E-state index contributed by atoms with van der Waals surface area (Å²) in [6.45, 7) is 0.951. The van der Waals surface area contributed by atoms with E-state index in [1.54, 1.807) is 6.92 Å². The SMILES string of the molecule is CCOC(=O)C(=C1SC(=S)N(CC(=O)O)C1=O)c1csc(NC(=O)Nc2cc(OC)c(OC)c(OC)c2)n1. The van der Waals surface area contributed by atoms with Gasteiger partial charge in [-0.2, -0.15) is 0 Å². The maximum atomic E-state index is 12.9. The average molecular weight is 583 g/mol. The summed E-state index contributed by atoms with van der Waals surface area (Å²) < 4.78 is 20.9. The number of methoxy groups -OCH3 is 3. The molecule has 38 heavy (non-hydrogen) atoms. The van der Waals surface area contributed by atoms with Crippen LogP contribution in [0.5, 0.6) is 17.2 Å². The van der Waals surface area contributed by atoms with Crippen molar-refractivity contribution in [2.45, 2.75) is 6.92 Å². The zero-order valence-electron chi connectivity index (χ0n) is 20.5. The summed E-state index contributed by atoms with van der Waals surface area (Å²) in [4.78, 5) is 54.4. The van der Waals surface area contributed by atoms with Crippen LogP contribution in [0.15, 0.2) is 22.4 Å². The smallest absolute Gasteiger partial charge is 0.341 e. The molecule has 0 saturated carbocycles. The van der Waals surface area contributed by atoms with Gasteiger partial charge in [-0.15, -0.1) is 11.3 Å². The number of nitrogens with zero attached hydrogens (tertiary/aromatic N) is 2. The van der Waals surface area contributed by atoms with Gasteiger partial charge in [0.15, 0.2) is 16.6 Å². The Hall–Kier alpha value is -3.89. The van der Waals surface area contributed by atoms with E-state index >= 15 is 0 Å². The first-order valence-corrected chi connectivity index (χ1v) is 12.7. The second-order valence-electron chi connectivity index (χ2n) is 7.11. The number of aromatic nitrogens is 1. The van der Waals surface area contributed by atoms with Crippen molar-refractivity contribution in [2.75, 3.05) is 45.1 Å². The van der Waals surface area contributed by atoms with E-state index < -0.39 is 30.4 Å². The van der Waals surface area contributed by atoms with Gasteiger partial charge in [-0.1, -0.05) is 24.0 Å². The summed E-state index contributed by atoms with van der Waals surface area (Å²) in [6, 6.07) is 2.41. The molecule has 2 aromatic rings. The molecule has 0 aliphatic carbocycles. The predicted octanol–water partition coefficient (Wildman–Crippen LogP) is 3.03. The van der Waals surface area contributed by atoms with E-state index in [0.717, 1.165) is 28.0 Å². The third kappa shape index (κ3) is 6.32. The molecule has 0 bridgehead atoms. The molecule has 16 heteroatoms. The Labute approximate surface area is 230 Å². The third-order valence-corrected chi connectivity index (χ3v) is 6.96. The number of esters is 1. The normalized spacial score (nSPS) is 14.2. The number of carboxylic acid groups (broad SMARTS) is 1. The maximum Gasteiger partial charge on any atom is 0.341 e. The summed E-state index contributed by atoms with van der Waals surface area (Å²) in [6.07, 6.45) is 0. The van der Waals surface area contributed by atoms with Gasteiger partial charge in [0.2, 0.25) is 5.75 Å². The van der Waals surface area contributed by atoms with E-state index in [2.05, 4.69) is 15.6 Å². The molecule has 1 fully saturated rings. The lowest BCUT2D eigenvalue weighted by atomic mass is 10.2. The fraction of sp³-hybridized carbons (Fsp3) is 0.273. The summed E-state index contributed by atoms with van der Waals surface area (Å²) in [5, 5.41) is 15.8. The lowest BCUT2D eigenvalue weighted by molar-refractivity contribution is -0.140. The van der Waals surface area contributed by atoms with Gasteiger partial charge in [0.05, 0.1) is 44.2 Å². The first kappa shape index (κ1) is 28.7. The van der Waals surface area contributed by atoms with E-state index in [4.69, 9.17) is 36.3 Å². The van der Waals surface area contributed by atoms with Crippen molar-refractivity contribution in [3.63, 3.8) is 0 Å². The quantitative estimate of drug-likeness (QED) is 0.213. The van der Waals surface area contributed by atoms with Gasteiger partial charge in [-0.25, -0.2) is 14.6 Å². The van der Waals surface area contributed by atoms with Crippen molar-refractivity contribution in [3.8, 4) is 17.2 Å². The monoisotopic (exact) mass is 582 g/mol. The number of hydrogen-bond donors (Lipinski definition) is 3. The molecule has 202 valence electrons. The van der Waals surface area contributed by atoms with E-state index in [1.807, 2.05) is 0 Å². The maximum absolute atomic E-state index is 12.9. The lowest BCUT2D eigenvalue weighted by Gasteiger charge is -2.14. The van der Waals surface area contributed by atoms with Crippen LogP contribution in [0.4, 0.5) is 15.6 Å². The largest absolute Gasteiger partial charge is 0.493 e. The van der Waals surface area contributed by atoms with Gasteiger partial charge in [0, 0.05) is 17.5 Å². The van der Waals surface area contributed by atoms with Crippen molar-refractivity contribution in [1.29, 1.82) is 0 Å². The van der Waals surface area contributed by atoms with Crippen molar-refractivity contribution in [3.05, 3.63) is 28.1 Å². The predicted molar refractivity (Wildman–Crippen MR) is 144 cm³/mol. The number of aliphatic carboxylic acids is 1. The Morgan fingerprint density at radius 1 is 1.11 bits per heavy atom. The fourth-order valence-corrected chi connectivity index (χ4v) is 5.21. The van der Waals surface area contributed by atoms with Crippen LogP contribution in [-0.2, 0) is 19.1 Å². The lowest BCUT2D eigenvalue weighted by Crippen LogP contribution is -2.33. The Balaban J connectivity index is 1.86. The van der Waals surface area contributed by atoms with Crippen molar-refractivity contribution >= 4 is 79.9 Å². The zero-order valence-corrected chi connectivity index (χ0v) is 22.9. The minimum Gasteiger partial charge on any atom is -0.493 e. The number of carbonyl (C=O) groups is 4. The van der Waals surface area contributed by atoms with E-state index in [9.17, 15) is 19.2 Å². The van der Waals surface area contributed by atoms with Crippen molar-refractivity contribution in [2.24, 2.45) is 0 Å². The van der Waals surface area contributed by atoms with E-state index in [0.29, 0.717) is 22.9 Å². The van der Waals surface area contributed by atoms with Gasteiger partial charge < -0.3 is 29.4 Å².